The number of halogens is 3. The number of esters is 1. The second-order valence-corrected chi connectivity index (χ2v) is 9.84. The lowest BCUT2D eigenvalue weighted by atomic mass is 10.0. The zero-order valence-electron chi connectivity index (χ0n) is 20.0. The number of ether oxygens (including phenoxy) is 2. The van der Waals surface area contributed by atoms with Gasteiger partial charge in [0.25, 0.3) is 5.91 Å². The first kappa shape index (κ1) is 25.0. The van der Waals surface area contributed by atoms with Crippen LogP contribution in [0.1, 0.15) is 31.8 Å². The van der Waals surface area contributed by atoms with Crippen molar-refractivity contribution >= 4 is 56.7 Å². The Bertz CT molecular complexity index is 1550. The number of carbonyl (C=O) groups is 2. The molecule has 0 bridgehead atoms. The highest BCUT2D eigenvalue weighted by molar-refractivity contribution is 14.1. The van der Waals surface area contributed by atoms with Crippen LogP contribution in [-0.4, -0.2) is 37.2 Å². The first-order valence-electron chi connectivity index (χ1n) is 11.4. The van der Waals surface area contributed by atoms with Crippen molar-refractivity contribution in [2.24, 2.45) is 0 Å². The molecule has 190 valence electrons. The van der Waals surface area contributed by atoms with Crippen LogP contribution >= 0.6 is 22.6 Å². The van der Waals surface area contributed by atoms with Gasteiger partial charge in [0, 0.05) is 39.0 Å². The van der Waals surface area contributed by atoms with Gasteiger partial charge in [-0.2, -0.15) is 0 Å². The van der Waals surface area contributed by atoms with Crippen molar-refractivity contribution in [3.8, 4) is 5.75 Å². The Morgan fingerprint density at radius 1 is 1.19 bits per heavy atom. The highest BCUT2D eigenvalue weighted by Gasteiger charge is 2.34. The van der Waals surface area contributed by atoms with Gasteiger partial charge in [0.15, 0.2) is 18.4 Å². The van der Waals surface area contributed by atoms with Crippen molar-refractivity contribution in [1.82, 2.24) is 10.3 Å². The number of hydrogen-bond donors (Lipinski definition) is 2. The molecule has 10 heteroatoms. The number of benzene rings is 3. The Morgan fingerprint density at radius 3 is 2.76 bits per heavy atom. The van der Waals surface area contributed by atoms with E-state index in [-0.39, 0.29) is 24.5 Å². The fourth-order valence-corrected chi connectivity index (χ4v) is 5.13. The maximum Gasteiger partial charge on any atom is 0.342 e. The summed E-state index contributed by atoms with van der Waals surface area (Å²) in [6, 6.07) is 12.1. The molecule has 1 aliphatic rings. The summed E-state index contributed by atoms with van der Waals surface area (Å²) >= 11 is 2.15. The Morgan fingerprint density at radius 2 is 2.00 bits per heavy atom. The zero-order valence-corrected chi connectivity index (χ0v) is 22.1. The number of methoxy groups -OCH3 is 1. The fraction of sp³-hybridized carbons (Fsp3) is 0.185. The molecule has 0 aliphatic carbocycles. The second-order valence-electron chi connectivity index (χ2n) is 8.60. The minimum absolute atomic E-state index is 0.175. The summed E-state index contributed by atoms with van der Waals surface area (Å²) < 4.78 is 42.0. The van der Waals surface area contributed by atoms with Gasteiger partial charge in [0.2, 0.25) is 0 Å². The summed E-state index contributed by atoms with van der Waals surface area (Å²) in [5.41, 5.74) is 2.19. The summed E-state index contributed by atoms with van der Waals surface area (Å²) in [5, 5.41) is 3.59. The van der Waals surface area contributed by atoms with E-state index in [0.29, 0.717) is 17.9 Å². The van der Waals surface area contributed by atoms with Gasteiger partial charge < -0.3 is 24.7 Å². The number of fused-ring (bicyclic) bond motifs is 2. The number of carbonyl (C=O) groups excluding carboxylic acids is 2. The summed E-state index contributed by atoms with van der Waals surface area (Å²) in [7, 11) is 1.59. The number of anilines is 2. The Hall–Kier alpha value is -3.67. The molecule has 1 aromatic heterocycles. The normalized spacial score (nSPS) is 12.9. The minimum atomic E-state index is -1.32. The van der Waals surface area contributed by atoms with Crippen molar-refractivity contribution in [1.29, 1.82) is 0 Å². The third-order valence-electron chi connectivity index (χ3n) is 6.34. The molecular formula is C27H22F2IN3O4. The van der Waals surface area contributed by atoms with Crippen LogP contribution in [0.2, 0.25) is 0 Å². The lowest BCUT2D eigenvalue weighted by Crippen LogP contribution is -2.34. The van der Waals surface area contributed by atoms with E-state index in [9.17, 15) is 9.59 Å². The largest absolute Gasteiger partial charge is 0.497 e. The van der Waals surface area contributed by atoms with Crippen LogP contribution in [0.25, 0.3) is 10.9 Å². The van der Waals surface area contributed by atoms with Crippen LogP contribution in [0, 0.1) is 22.1 Å². The van der Waals surface area contributed by atoms with Crippen molar-refractivity contribution in [3.63, 3.8) is 0 Å². The highest BCUT2D eigenvalue weighted by atomic mass is 127. The molecule has 0 atom stereocenters. The lowest BCUT2D eigenvalue weighted by molar-refractivity contribution is 0.0491. The number of rotatable bonds is 6. The van der Waals surface area contributed by atoms with Crippen molar-refractivity contribution < 1.29 is 27.8 Å². The van der Waals surface area contributed by atoms with E-state index in [0.717, 1.165) is 31.7 Å². The summed E-state index contributed by atoms with van der Waals surface area (Å²) in [6.45, 7) is 1.73. The first-order chi connectivity index (χ1) is 17.8. The predicted molar refractivity (Wildman–Crippen MR) is 144 cm³/mol. The van der Waals surface area contributed by atoms with Crippen molar-refractivity contribution in [2.75, 3.05) is 25.3 Å². The molecule has 0 fully saturated rings. The number of H-pyrrole nitrogens is 1. The number of aryl methyl sites for hydroxylation is 1. The molecule has 0 radical (unpaired) electrons. The van der Waals surface area contributed by atoms with Gasteiger partial charge in [-0.15, -0.1) is 0 Å². The SMILES string of the molecule is COc1ccc2c(CCNC(=O)c3cc4c(c(F)c3F)N(c3ccc(I)cc3C)COC4=O)c[nH]c2c1. The number of amides is 1. The molecule has 0 saturated carbocycles. The Kier molecular flexibility index (Phi) is 6.76. The van der Waals surface area contributed by atoms with Gasteiger partial charge in [0.1, 0.15) is 5.75 Å². The van der Waals surface area contributed by atoms with E-state index in [1.54, 1.807) is 13.2 Å². The molecule has 37 heavy (non-hydrogen) atoms. The molecule has 2 N–H and O–H groups in total. The van der Waals surface area contributed by atoms with Crippen molar-refractivity contribution in [3.05, 3.63) is 86.1 Å². The number of aromatic amines is 1. The topological polar surface area (TPSA) is 83.7 Å². The number of nitrogens with one attached hydrogen (secondary N) is 2. The smallest absolute Gasteiger partial charge is 0.342 e. The quantitative estimate of drug-likeness (QED) is 0.217. The van der Waals surface area contributed by atoms with Gasteiger partial charge in [-0.05, 0) is 83.5 Å². The summed E-state index contributed by atoms with van der Waals surface area (Å²) in [4.78, 5) is 29.9. The van der Waals surface area contributed by atoms with Crippen LogP contribution < -0.4 is 15.0 Å². The molecule has 1 aliphatic heterocycles. The minimum Gasteiger partial charge on any atom is -0.497 e. The van der Waals surface area contributed by atoms with E-state index in [1.807, 2.05) is 43.5 Å². The standard InChI is InChI=1S/C27H22F2IN3O4/c1-14-9-16(30)3-6-22(14)33-13-37-27(35)20-11-19(23(28)24(29)25(20)33)26(34)31-8-7-15-12-32-21-10-17(36-2)4-5-18(15)21/h3-6,9-12,32H,7-8,13H2,1-2H3,(H,31,34). The van der Waals surface area contributed by atoms with Gasteiger partial charge in [0.05, 0.1) is 23.9 Å². The van der Waals surface area contributed by atoms with Crippen LogP contribution in [0.15, 0.2) is 48.7 Å². The third-order valence-corrected chi connectivity index (χ3v) is 7.02. The molecule has 7 nitrogen and oxygen atoms in total. The lowest BCUT2D eigenvalue weighted by Gasteiger charge is -2.32. The van der Waals surface area contributed by atoms with E-state index in [1.165, 1.54) is 4.90 Å². The average molecular weight is 617 g/mol. The summed E-state index contributed by atoms with van der Waals surface area (Å²) in [5.74, 6) is -3.53. The molecule has 1 amide bonds. The van der Waals surface area contributed by atoms with E-state index >= 15 is 8.78 Å². The van der Waals surface area contributed by atoms with Gasteiger partial charge >= 0.3 is 5.97 Å². The Labute approximate surface area is 224 Å². The predicted octanol–water partition coefficient (Wildman–Crippen LogP) is 5.61. The van der Waals surface area contributed by atoms with Crippen LogP contribution in [0.5, 0.6) is 5.75 Å². The maximum atomic E-state index is 15.4. The van der Waals surface area contributed by atoms with Crippen LogP contribution in [-0.2, 0) is 11.2 Å². The zero-order chi connectivity index (χ0) is 26.3. The monoisotopic (exact) mass is 617 g/mol. The number of nitrogens with zero attached hydrogens (tertiary/aromatic N) is 1. The highest BCUT2D eigenvalue weighted by Crippen LogP contribution is 2.38. The molecule has 0 saturated heterocycles. The number of hydrogen-bond acceptors (Lipinski definition) is 5. The molecule has 0 unspecified atom stereocenters. The van der Waals surface area contributed by atoms with Crippen LogP contribution in [0.4, 0.5) is 20.2 Å². The maximum absolute atomic E-state index is 15.4. The van der Waals surface area contributed by atoms with Crippen molar-refractivity contribution in [2.45, 2.75) is 13.3 Å². The van der Waals surface area contributed by atoms with Gasteiger partial charge in [-0.3, -0.25) is 4.79 Å². The third kappa shape index (κ3) is 4.61. The fourth-order valence-electron chi connectivity index (χ4n) is 4.48. The number of cyclic esters (lactones) is 1. The van der Waals surface area contributed by atoms with E-state index < -0.39 is 29.1 Å². The molecule has 0 spiro atoms. The first-order valence-corrected chi connectivity index (χ1v) is 12.5. The molecule has 4 aromatic rings. The van der Waals surface area contributed by atoms with Gasteiger partial charge in [-0.1, -0.05) is 0 Å². The van der Waals surface area contributed by atoms with Gasteiger partial charge in [-0.25, -0.2) is 13.6 Å². The summed E-state index contributed by atoms with van der Waals surface area (Å²) in [6.07, 6.45) is 2.28. The van der Waals surface area contributed by atoms with E-state index in [2.05, 4.69) is 32.9 Å². The second kappa shape index (κ2) is 10.0. The average Bonchev–Trinajstić information content (AvgIpc) is 3.28. The Balaban J connectivity index is 1.39. The molecule has 5 rings (SSSR count). The molecule has 3 aromatic carbocycles. The molecule has 2 heterocycles. The van der Waals surface area contributed by atoms with E-state index in [4.69, 9.17) is 9.47 Å². The molecular weight excluding hydrogens is 595 g/mol. The van der Waals surface area contributed by atoms with Crippen LogP contribution in [0.3, 0.4) is 0 Å². The number of aromatic nitrogens is 1.